The van der Waals surface area contributed by atoms with E-state index >= 15 is 0 Å². The maximum absolute atomic E-state index is 12.6. The number of sulfonamides is 1. The van der Waals surface area contributed by atoms with E-state index in [0.29, 0.717) is 13.2 Å². The molecule has 1 aliphatic heterocycles. The van der Waals surface area contributed by atoms with E-state index in [2.05, 4.69) is 5.32 Å². The summed E-state index contributed by atoms with van der Waals surface area (Å²) in [4.78, 5) is -0.137. The number of morpholine rings is 1. The number of halogens is 3. The van der Waals surface area contributed by atoms with Crippen LogP contribution in [0.1, 0.15) is 0 Å². The number of hydrogen-bond acceptors (Lipinski definition) is 4. The summed E-state index contributed by atoms with van der Waals surface area (Å²) in [6, 6.07) is 2.71. The first kappa shape index (κ1) is 17.3. The van der Waals surface area contributed by atoms with Crippen molar-refractivity contribution in [3.05, 3.63) is 27.2 Å². The third-order valence-electron chi connectivity index (χ3n) is 3.10. The van der Waals surface area contributed by atoms with Crippen molar-refractivity contribution in [3.63, 3.8) is 0 Å². The van der Waals surface area contributed by atoms with Gasteiger partial charge in [0.2, 0.25) is 10.0 Å². The van der Waals surface area contributed by atoms with E-state index in [1.165, 1.54) is 23.5 Å². The average molecular weight is 374 g/mol. The standard InChI is InChI=1S/C12H15Cl3N2O3S/c1-17(7-9-6-16-2-3-20-9)21(18,19)12-10(14)4-8(13)5-11(12)15/h4-5,9,16H,2-3,6-7H2,1H3. The SMILES string of the molecule is CN(CC1CNCCO1)S(=O)(=O)c1c(Cl)cc(Cl)cc1Cl. The van der Waals surface area contributed by atoms with Crippen LogP contribution in [-0.2, 0) is 14.8 Å². The number of nitrogens with zero attached hydrogens (tertiary/aromatic N) is 1. The van der Waals surface area contributed by atoms with Gasteiger partial charge in [-0.25, -0.2) is 8.42 Å². The molecule has 1 heterocycles. The molecule has 1 saturated heterocycles. The van der Waals surface area contributed by atoms with Crippen molar-refractivity contribution in [2.24, 2.45) is 0 Å². The van der Waals surface area contributed by atoms with Crippen LogP contribution < -0.4 is 5.32 Å². The molecule has 1 aromatic carbocycles. The van der Waals surface area contributed by atoms with Crippen molar-refractivity contribution in [2.45, 2.75) is 11.0 Å². The fourth-order valence-electron chi connectivity index (χ4n) is 2.05. The summed E-state index contributed by atoms with van der Waals surface area (Å²) >= 11 is 17.8. The highest BCUT2D eigenvalue weighted by Gasteiger charge is 2.29. The molecule has 0 spiro atoms. The van der Waals surface area contributed by atoms with Crippen LogP contribution in [0.15, 0.2) is 17.0 Å². The topological polar surface area (TPSA) is 58.6 Å². The summed E-state index contributed by atoms with van der Waals surface area (Å²) in [5.41, 5.74) is 0. The van der Waals surface area contributed by atoms with Gasteiger partial charge in [-0.2, -0.15) is 4.31 Å². The second-order valence-corrected chi connectivity index (χ2v) is 7.91. The maximum Gasteiger partial charge on any atom is 0.245 e. The highest BCUT2D eigenvalue weighted by molar-refractivity contribution is 7.89. The second kappa shape index (κ2) is 7.00. The second-order valence-electron chi connectivity index (χ2n) is 4.68. The summed E-state index contributed by atoms with van der Waals surface area (Å²) in [7, 11) is -2.35. The van der Waals surface area contributed by atoms with Crippen LogP contribution in [-0.4, -0.2) is 52.1 Å². The Hall–Kier alpha value is -0.0800. The lowest BCUT2D eigenvalue weighted by atomic mass is 10.3. The van der Waals surface area contributed by atoms with E-state index in [1.54, 1.807) is 0 Å². The fraction of sp³-hybridized carbons (Fsp3) is 0.500. The van der Waals surface area contributed by atoms with E-state index in [1.807, 2.05) is 0 Å². The molecule has 5 nitrogen and oxygen atoms in total. The minimum atomic E-state index is -3.81. The molecule has 0 aliphatic carbocycles. The Morgan fingerprint density at radius 1 is 1.33 bits per heavy atom. The lowest BCUT2D eigenvalue weighted by Gasteiger charge is -2.28. The molecule has 1 aromatic rings. The lowest BCUT2D eigenvalue weighted by molar-refractivity contribution is 0.0206. The van der Waals surface area contributed by atoms with Crippen LogP contribution >= 0.6 is 34.8 Å². The molecule has 2 rings (SSSR count). The number of benzene rings is 1. The van der Waals surface area contributed by atoms with Gasteiger partial charge in [0.05, 0.1) is 22.8 Å². The molecular formula is C12H15Cl3N2O3S. The van der Waals surface area contributed by atoms with Gasteiger partial charge in [-0.3, -0.25) is 0 Å². The Morgan fingerprint density at radius 3 is 2.48 bits per heavy atom. The first-order chi connectivity index (χ1) is 9.82. The first-order valence-electron chi connectivity index (χ1n) is 6.25. The molecule has 0 bridgehead atoms. The minimum Gasteiger partial charge on any atom is -0.374 e. The number of ether oxygens (including phenoxy) is 1. The first-order valence-corrected chi connectivity index (χ1v) is 8.83. The molecule has 0 saturated carbocycles. The van der Waals surface area contributed by atoms with E-state index in [-0.39, 0.29) is 32.6 Å². The Kier molecular flexibility index (Phi) is 5.76. The maximum atomic E-state index is 12.6. The summed E-state index contributed by atoms with van der Waals surface area (Å²) in [6.07, 6.45) is -0.205. The summed E-state index contributed by atoms with van der Waals surface area (Å²) in [6.45, 7) is 2.13. The Bertz CT molecular complexity index is 595. The van der Waals surface area contributed by atoms with Crippen LogP contribution in [0.5, 0.6) is 0 Å². The van der Waals surface area contributed by atoms with Crippen LogP contribution in [0.4, 0.5) is 0 Å². The zero-order valence-corrected chi connectivity index (χ0v) is 14.4. The van der Waals surface area contributed by atoms with Crippen molar-refractivity contribution in [3.8, 4) is 0 Å². The van der Waals surface area contributed by atoms with Crippen LogP contribution in [0.25, 0.3) is 0 Å². The number of hydrogen-bond donors (Lipinski definition) is 1. The van der Waals surface area contributed by atoms with Crippen LogP contribution in [0, 0.1) is 0 Å². The van der Waals surface area contributed by atoms with E-state index in [9.17, 15) is 8.42 Å². The minimum absolute atomic E-state index is 0.00189. The zero-order valence-electron chi connectivity index (χ0n) is 11.3. The molecule has 1 N–H and O–H groups in total. The van der Waals surface area contributed by atoms with Gasteiger partial charge in [-0.1, -0.05) is 34.8 Å². The highest BCUT2D eigenvalue weighted by atomic mass is 35.5. The fourth-order valence-corrected chi connectivity index (χ4v) is 4.74. The summed E-state index contributed by atoms with van der Waals surface area (Å²) in [5.74, 6) is 0. The molecule has 9 heteroatoms. The molecule has 0 radical (unpaired) electrons. The van der Waals surface area contributed by atoms with Crippen molar-refractivity contribution < 1.29 is 13.2 Å². The average Bonchev–Trinajstić information content (AvgIpc) is 2.38. The van der Waals surface area contributed by atoms with E-state index < -0.39 is 10.0 Å². The molecule has 0 aromatic heterocycles. The van der Waals surface area contributed by atoms with Gasteiger partial charge in [-0.05, 0) is 12.1 Å². The number of rotatable bonds is 4. The molecule has 1 aliphatic rings. The molecule has 21 heavy (non-hydrogen) atoms. The molecular weight excluding hydrogens is 359 g/mol. The quantitative estimate of drug-likeness (QED) is 0.879. The largest absolute Gasteiger partial charge is 0.374 e. The molecule has 1 atom stereocenters. The third kappa shape index (κ3) is 4.01. The van der Waals surface area contributed by atoms with Gasteiger partial charge in [0.25, 0.3) is 0 Å². The van der Waals surface area contributed by atoms with Gasteiger partial charge in [0.15, 0.2) is 0 Å². The molecule has 0 amide bonds. The van der Waals surface area contributed by atoms with Gasteiger partial charge in [-0.15, -0.1) is 0 Å². The highest BCUT2D eigenvalue weighted by Crippen LogP contribution is 2.34. The van der Waals surface area contributed by atoms with E-state index in [4.69, 9.17) is 39.5 Å². The van der Waals surface area contributed by atoms with Gasteiger partial charge in [0, 0.05) is 31.7 Å². The Labute approximate surface area is 139 Å². The third-order valence-corrected chi connectivity index (χ3v) is 6.06. The normalized spacial score (nSPS) is 20.0. The zero-order chi connectivity index (χ0) is 15.6. The Morgan fingerprint density at radius 2 is 1.95 bits per heavy atom. The smallest absolute Gasteiger partial charge is 0.245 e. The van der Waals surface area contributed by atoms with Gasteiger partial charge >= 0.3 is 0 Å². The summed E-state index contributed by atoms with van der Waals surface area (Å²) < 4.78 is 31.9. The lowest BCUT2D eigenvalue weighted by Crippen LogP contribution is -2.45. The summed E-state index contributed by atoms with van der Waals surface area (Å²) in [5, 5.41) is 3.43. The van der Waals surface area contributed by atoms with E-state index in [0.717, 1.165) is 6.54 Å². The van der Waals surface area contributed by atoms with Crippen molar-refractivity contribution >= 4 is 44.8 Å². The Balaban J connectivity index is 2.24. The predicted octanol–water partition coefficient (Wildman–Crippen LogP) is 2.26. The monoisotopic (exact) mass is 372 g/mol. The predicted molar refractivity (Wildman–Crippen MR) is 83.9 cm³/mol. The van der Waals surface area contributed by atoms with Crippen LogP contribution in [0.3, 0.4) is 0 Å². The number of likely N-dealkylation sites (N-methyl/N-ethyl adjacent to an activating group) is 1. The van der Waals surface area contributed by atoms with Gasteiger partial charge in [0.1, 0.15) is 4.90 Å². The van der Waals surface area contributed by atoms with Crippen molar-refractivity contribution in [1.29, 1.82) is 0 Å². The molecule has 1 unspecified atom stereocenters. The van der Waals surface area contributed by atoms with Crippen molar-refractivity contribution in [1.82, 2.24) is 9.62 Å². The van der Waals surface area contributed by atoms with Crippen molar-refractivity contribution in [2.75, 3.05) is 33.3 Å². The number of nitrogens with one attached hydrogen (secondary N) is 1. The van der Waals surface area contributed by atoms with Gasteiger partial charge < -0.3 is 10.1 Å². The van der Waals surface area contributed by atoms with Crippen LogP contribution in [0.2, 0.25) is 15.1 Å². The molecule has 118 valence electrons. The molecule has 1 fully saturated rings.